The molecule has 0 atom stereocenters. The number of fused-ring (bicyclic) bond motifs is 7. The van der Waals surface area contributed by atoms with E-state index in [1.165, 1.54) is 49.7 Å². The van der Waals surface area contributed by atoms with Crippen LogP contribution in [0.1, 0.15) is 33.4 Å². The van der Waals surface area contributed by atoms with Gasteiger partial charge < -0.3 is 0 Å². The second-order valence-electron chi connectivity index (χ2n) is 7.39. The second-order valence-corrected chi connectivity index (χ2v) is 7.39. The van der Waals surface area contributed by atoms with Crippen LogP contribution in [-0.2, 0) is 19.3 Å². The molecule has 0 heteroatoms. The van der Waals surface area contributed by atoms with Crippen molar-refractivity contribution in [2.24, 2.45) is 0 Å². The summed E-state index contributed by atoms with van der Waals surface area (Å²) in [5.41, 5.74) is 12.0. The van der Waals surface area contributed by atoms with Crippen molar-refractivity contribution >= 4 is 10.8 Å². The van der Waals surface area contributed by atoms with Crippen LogP contribution in [0.4, 0.5) is 0 Å². The highest BCUT2D eigenvalue weighted by Gasteiger charge is 2.26. The van der Waals surface area contributed by atoms with Gasteiger partial charge in [-0.2, -0.15) is 0 Å². The summed E-state index contributed by atoms with van der Waals surface area (Å²) in [6, 6.07) is 27.2. The van der Waals surface area contributed by atoms with Crippen molar-refractivity contribution in [3.63, 3.8) is 0 Å². The Kier molecular flexibility index (Phi) is 2.59. The van der Waals surface area contributed by atoms with Crippen LogP contribution in [0.2, 0.25) is 0 Å². The largest absolute Gasteiger partial charge is 0.0620 e. The maximum Gasteiger partial charge on any atom is -0.00131 e. The van der Waals surface area contributed by atoms with Crippen molar-refractivity contribution in [3.05, 3.63) is 106 Å². The van der Waals surface area contributed by atoms with Gasteiger partial charge in [-0.25, -0.2) is 0 Å². The molecule has 0 radical (unpaired) electrons. The lowest BCUT2D eigenvalue weighted by atomic mass is 9.81. The molecule has 0 spiro atoms. The lowest BCUT2D eigenvalue weighted by molar-refractivity contribution is 1.00. The first-order chi connectivity index (χ1) is 12.4. The van der Waals surface area contributed by atoms with E-state index in [9.17, 15) is 0 Å². The fraction of sp³-hybridized carbons (Fsp3) is 0.120. The standard InChI is InChI=1S/C25H18/c1-3-7-18-14-23-20(11-16(18)5-1)9-10-21-13-22-12-17-6-2-4-8-19(17)15-24(22)25(21)23/h1-10,12,15H,11,13-14H2. The Morgan fingerprint density at radius 3 is 1.96 bits per heavy atom. The van der Waals surface area contributed by atoms with Gasteiger partial charge in [0, 0.05) is 0 Å². The van der Waals surface area contributed by atoms with E-state index in [1.807, 2.05) is 0 Å². The maximum atomic E-state index is 2.41. The first kappa shape index (κ1) is 13.4. The molecule has 118 valence electrons. The molecule has 0 saturated carbocycles. The van der Waals surface area contributed by atoms with E-state index in [4.69, 9.17) is 0 Å². The van der Waals surface area contributed by atoms with Gasteiger partial charge in [0.2, 0.25) is 0 Å². The molecule has 4 aromatic carbocycles. The van der Waals surface area contributed by atoms with Crippen molar-refractivity contribution in [2.45, 2.75) is 19.3 Å². The molecule has 0 fully saturated rings. The molecule has 2 aliphatic rings. The third kappa shape index (κ3) is 1.88. The molecule has 0 saturated heterocycles. The van der Waals surface area contributed by atoms with Crippen molar-refractivity contribution in [1.29, 1.82) is 0 Å². The van der Waals surface area contributed by atoms with Crippen LogP contribution in [0, 0.1) is 0 Å². The molecule has 25 heavy (non-hydrogen) atoms. The summed E-state index contributed by atoms with van der Waals surface area (Å²) in [6.07, 6.45) is 3.22. The van der Waals surface area contributed by atoms with Crippen LogP contribution in [0.25, 0.3) is 21.9 Å². The van der Waals surface area contributed by atoms with E-state index in [0.29, 0.717) is 0 Å². The third-order valence-electron chi connectivity index (χ3n) is 5.98. The van der Waals surface area contributed by atoms with Crippen LogP contribution in [0.15, 0.2) is 72.8 Å². The zero-order valence-corrected chi connectivity index (χ0v) is 14.0. The fourth-order valence-electron chi connectivity index (χ4n) is 4.76. The Balaban J connectivity index is 1.60. The van der Waals surface area contributed by atoms with Gasteiger partial charge in [-0.05, 0) is 80.6 Å². The van der Waals surface area contributed by atoms with Gasteiger partial charge in [0.25, 0.3) is 0 Å². The molecule has 0 heterocycles. The monoisotopic (exact) mass is 318 g/mol. The summed E-state index contributed by atoms with van der Waals surface area (Å²) in [7, 11) is 0. The topological polar surface area (TPSA) is 0 Å². The Labute approximate surface area is 147 Å². The summed E-state index contributed by atoms with van der Waals surface area (Å²) >= 11 is 0. The quantitative estimate of drug-likeness (QED) is 0.327. The van der Waals surface area contributed by atoms with Crippen molar-refractivity contribution in [2.75, 3.05) is 0 Å². The van der Waals surface area contributed by atoms with E-state index in [2.05, 4.69) is 72.8 Å². The number of rotatable bonds is 0. The SMILES string of the molecule is c1ccc2c(c1)Cc1ccc3c(c1C2)-c1cc2ccccc2cc1C3. The van der Waals surface area contributed by atoms with E-state index >= 15 is 0 Å². The van der Waals surface area contributed by atoms with Crippen molar-refractivity contribution in [3.8, 4) is 11.1 Å². The molecular formula is C25H18. The summed E-state index contributed by atoms with van der Waals surface area (Å²) in [5, 5.41) is 2.70. The molecular weight excluding hydrogens is 300 g/mol. The fourth-order valence-corrected chi connectivity index (χ4v) is 4.76. The van der Waals surface area contributed by atoms with Crippen molar-refractivity contribution in [1.82, 2.24) is 0 Å². The van der Waals surface area contributed by atoms with Gasteiger partial charge >= 0.3 is 0 Å². The average molecular weight is 318 g/mol. The lowest BCUT2D eigenvalue weighted by Gasteiger charge is -2.23. The number of benzene rings is 4. The molecule has 0 bridgehead atoms. The van der Waals surface area contributed by atoms with Crippen LogP contribution in [0.3, 0.4) is 0 Å². The minimum absolute atomic E-state index is 1.07. The van der Waals surface area contributed by atoms with Gasteiger partial charge in [-0.3, -0.25) is 0 Å². The molecule has 4 aromatic rings. The minimum atomic E-state index is 1.07. The van der Waals surface area contributed by atoms with Crippen LogP contribution >= 0.6 is 0 Å². The summed E-state index contributed by atoms with van der Waals surface area (Å²) in [4.78, 5) is 0. The van der Waals surface area contributed by atoms with E-state index < -0.39 is 0 Å². The van der Waals surface area contributed by atoms with Gasteiger partial charge in [0.1, 0.15) is 0 Å². The van der Waals surface area contributed by atoms with Crippen LogP contribution in [-0.4, -0.2) is 0 Å². The van der Waals surface area contributed by atoms with Crippen molar-refractivity contribution < 1.29 is 0 Å². The highest BCUT2D eigenvalue weighted by Crippen LogP contribution is 2.44. The maximum absolute atomic E-state index is 2.41. The summed E-state index contributed by atoms with van der Waals surface area (Å²) < 4.78 is 0. The minimum Gasteiger partial charge on any atom is -0.0620 e. The molecule has 0 nitrogen and oxygen atoms in total. The highest BCUT2D eigenvalue weighted by molar-refractivity contribution is 5.93. The predicted octanol–water partition coefficient (Wildman–Crippen LogP) is 5.91. The molecule has 0 aromatic heterocycles. The smallest absolute Gasteiger partial charge is 0.00131 e. The molecule has 6 rings (SSSR count). The van der Waals surface area contributed by atoms with E-state index in [0.717, 1.165) is 19.3 Å². The average Bonchev–Trinajstić information content (AvgIpc) is 3.02. The zero-order valence-electron chi connectivity index (χ0n) is 14.0. The van der Waals surface area contributed by atoms with Crippen LogP contribution < -0.4 is 0 Å². The third-order valence-corrected chi connectivity index (χ3v) is 5.98. The van der Waals surface area contributed by atoms with Gasteiger partial charge in [0.15, 0.2) is 0 Å². The Morgan fingerprint density at radius 1 is 0.480 bits per heavy atom. The summed E-state index contributed by atoms with van der Waals surface area (Å²) in [5.74, 6) is 0. The number of hydrogen-bond acceptors (Lipinski definition) is 0. The van der Waals surface area contributed by atoms with E-state index in [1.54, 1.807) is 5.56 Å². The Morgan fingerprint density at radius 2 is 1.12 bits per heavy atom. The predicted molar refractivity (Wildman–Crippen MR) is 104 cm³/mol. The zero-order chi connectivity index (χ0) is 16.4. The summed E-state index contributed by atoms with van der Waals surface area (Å²) in [6.45, 7) is 0. The van der Waals surface area contributed by atoms with Crippen LogP contribution in [0.5, 0.6) is 0 Å². The Bertz CT molecular complexity index is 1160. The van der Waals surface area contributed by atoms with E-state index in [-0.39, 0.29) is 0 Å². The molecule has 2 aliphatic carbocycles. The number of hydrogen-bond donors (Lipinski definition) is 0. The Hall–Kier alpha value is -2.86. The van der Waals surface area contributed by atoms with Gasteiger partial charge in [-0.1, -0.05) is 66.7 Å². The lowest BCUT2D eigenvalue weighted by Crippen LogP contribution is -2.09. The molecule has 0 N–H and O–H groups in total. The normalized spacial score (nSPS) is 13.9. The molecule has 0 unspecified atom stereocenters. The molecule has 0 amide bonds. The van der Waals surface area contributed by atoms with Gasteiger partial charge in [-0.15, -0.1) is 0 Å². The first-order valence-corrected chi connectivity index (χ1v) is 9.09. The highest BCUT2D eigenvalue weighted by atomic mass is 14.3. The van der Waals surface area contributed by atoms with Gasteiger partial charge in [0.05, 0.1) is 0 Å². The first-order valence-electron chi connectivity index (χ1n) is 9.09. The second kappa shape index (κ2) is 4.83. The molecule has 0 aliphatic heterocycles.